The quantitative estimate of drug-likeness (QED) is 0.624. The summed E-state index contributed by atoms with van der Waals surface area (Å²) in [4.78, 5) is 13.3. The van der Waals surface area contributed by atoms with E-state index in [0.29, 0.717) is 12.3 Å². The number of amides is 1. The zero-order valence-electron chi connectivity index (χ0n) is 16.6. The first-order valence-corrected chi connectivity index (χ1v) is 9.87. The van der Waals surface area contributed by atoms with Crippen LogP contribution in [0.5, 0.6) is 0 Å². The molecule has 0 aliphatic rings. The molecule has 0 aliphatic carbocycles. The summed E-state index contributed by atoms with van der Waals surface area (Å²) in [6.45, 7) is 8.26. The summed E-state index contributed by atoms with van der Waals surface area (Å²) in [5.74, 6) is 0.395. The minimum atomic E-state index is -0.0884. The predicted octanol–water partition coefficient (Wildman–Crippen LogP) is 4.47. The highest BCUT2D eigenvalue weighted by Crippen LogP contribution is 2.23. The van der Waals surface area contributed by atoms with E-state index in [1.54, 1.807) is 4.80 Å². The van der Waals surface area contributed by atoms with Crippen molar-refractivity contribution in [3.63, 3.8) is 0 Å². The standard InChI is InChI=1S/C21H25N5OS/c1-5-6-20(27)23-21(28)22-17-12-19-18(11-14(17)4)24-26(25-19)16-9-7-15(8-10-16)13(2)3/h7-13H,5-6H2,1-4H3,(H2,22,23,27,28). The van der Waals surface area contributed by atoms with Crippen LogP contribution in [0.1, 0.15) is 50.7 Å². The van der Waals surface area contributed by atoms with Gasteiger partial charge < -0.3 is 10.6 Å². The van der Waals surface area contributed by atoms with Crippen molar-refractivity contribution in [3.05, 3.63) is 47.5 Å². The van der Waals surface area contributed by atoms with E-state index < -0.39 is 0 Å². The predicted molar refractivity (Wildman–Crippen MR) is 117 cm³/mol. The molecule has 3 rings (SSSR count). The summed E-state index contributed by atoms with van der Waals surface area (Å²) in [6, 6.07) is 12.1. The molecule has 0 saturated heterocycles. The van der Waals surface area contributed by atoms with Gasteiger partial charge in [-0.3, -0.25) is 4.79 Å². The minimum absolute atomic E-state index is 0.0884. The largest absolute Gasteiger partial charge is 0.332 e. The van der Waals surface area contributed by atoms with Crippen LogP contribution in [-0.4, -0.2) is 26.0 Å². The van der Waals surface area contributed by atoms with Crippen LogP contribution >= 0.6 is 12.2 Å². The van der Waals surface area contributed by atoms with E-state index in [-0.39, 0.29) is 11.0 Å². The highest BCUT2D eigenvalue weighted by molar-refractivity contribution is 7.80. The Morgan fingerprint density at radius 3 is 2.39 bits per heavy atom. The van der Waals surface area contributed by atoms with Gasteiger partial charge in [0.15, 0.2) is 5.11 Å². The van der Waals surface area contributed by atoms with E-state index >= 15 is 0 Å². The number of nitrogens with zero attached hydrogens (tertiary/aromatic N) is 3. The smallest absolute Gasteiger partial charge is 0.226 e. The van der Waals surface area contributed by atoms with E-state index in [9.17, 15) is 4.79 Å². The number of fused-ring (bicyclic) bond motifs is 1. The fraction of sp³-hybridized carbons (Fsp3) is 0.333. The van der Waals surface area contributed by atoms with Gasteiger partial charge in [0.05, 0.1) is 5.69 Å². The Morgan fingerprint density at radius 1 is 1.14 bits per heavy atom. The highest BCUT2D eigenvalue weighted by Gasteiger charge is 2.11. The Hall–Kier alpha value is -2.80. The van der Waals surface area contributed by atoms with Gasteiger partial charge in [0.2, 0.25) is 5.91 Å². The molecule has 3 aromatic rings. The molecular weight excluding hydrogens is 370 g/mol. The van der Waals surface area contributed by atoms with Gasteiger partial charge in [0, 0.05) is 12.1 Å². The second-order valence-corrected chi connectivity index (χ2v) is 7.55. The molecule has 0 atom stereocenters. The van der Waals surface area contributed by atoms with Crippen molar-refractivity contribution in [3.8, 4) is 5.69 Å². The van der Waals surface area contributed by atoms with Crippen molar-refractivity contribution in [2.75, 3.05) is 5.32 Å². The van der Waals surface area contributed by atoms with Gasteiger partial charge in [-0.05, 0) is 66.9 Å². The normalized spacial score (nSPS) is 11.0. The van der Waals surface area contributed by atoms with Crippen LogP contribution in [0.3, 0.4) is 0 Å². The fourth-order valence-corrected chi connectivity index (χ4v) is 3.10. The van der Waals surface area contributed by atoms with Crippen molar-refractivity contribution in [1.82, 2.24) is 20.3 Å². The number of carbonyl (C=O) groups is 1. The molecule has 2 N–H and O–H groups in total. The van der Waals surface area contributed by atoms with Gasteiger partial charge in [-0.2, -0.15) is 4.80 Å². The molecular formula is C21H25N5OS. The van der Waals surface area contributed by atoms with Crippen LogP contribution in [0, 0.1) is 6.92 Å². The summed E-state index contributed by atoms with van der Waals surface area (Å²) < 4.78 is 0. The number of carbonyl (C=O) groups excluding carboxylic acids is 1. The van der Waals surface area contributed by atoms with Gasteiger partial charge >= 0.3 is 0 Å². The van der Waals surface area contributed by atoms with Crippen LogP contribution in [0.15, 0.2) is 36.4 Å². The van der Waals surface area contributed by atoms with Gasteiger partial charge in [0.25, 0.3) is 0 Å². The van der Waals surface area contributed by atoms with Crippen LogP contribution in [-0.2, 0) is 4.79 Å². The maximum atomic E-state index is 11.7. The Kier molecular flexibility index (Phi) is 6.04. The maximum absolute atomic E-state index is 11.7. The van der Waals surface area contributed by atoms with E-state index in [1.165, 1.54) is 5.56 Å². The number of aryl methyl sites for hydroxylation is 1. The van der Waals surface area contributed by atoms with Crippen molar-refractivity contribution in [1.29, 1.82) is 0 Å². The molecule has 146 valence electrons. The number of nitrogens with one attached hydrogen (secondary N) is 2. The van der Waals surface area contributed by atoms with Crippen LogP contribution in [0.4, 0.5) is 5.69 Å². The van der Waals surface area contributed by atoms with Crippen molar-refractivity contribution in [2.45, 2.75) is 46.5 Å². The number of thiocarbonyl (C=S) groups is 1. The fourth-order valence-electron chi connectivity index (χ4n) is 2.88. The summed E-state index contributed by atoms with van der Waals surface area (Å²) in [6.07, 6.45) is 1.23. The highest BCUT2D eigenvalue weighted by atomic mass is 32.1. The Morgan fingerprint density at radius 2 is 1.79 bits per heavy atom. The molecule has 1 heterocycles. The number of aromatic nitrogens is 3. The Labute approximate surface area is 170 Å². The number of rotatable bonds is 5. The molecule has 7 heteroatoms. The lowest BCUT2D eigenvalue weighted by molar-refractivity contribution is -0.119. The number of hydrogen-bond donors (Lipinski definition) is 2. The first-order chi connectivity index (χ1) is 13.4. The molecule has 0 unspecified atom stereocenters. The third kappa shape index (κ3) is 4.54. The molecule has 0 radical (unpaired) electrons. The molecule has 0 spiro atoms. The topological polar surface area (TPSA) is 71.8 Å². The van der Waals surface area contributed by atoms with Crippen molar-refractivity contribution >= 4 is 40.0 Å². The van der Waals surface area contributed by atoms with Crippen molar-refractivity contribution < 1.29 is 4.79 Å². The third-order valence-corrected chi connectivity index (χ3v) is 4.70. The van der Waals surface area contributed by atoms with Gasteiger partial charge in [-0.15, -0.1) is 10.2 Å². The first-order valence-electron chi connectivity index (χ1n) is 9.46. The average molecular weight is 396 g/mol. The molecule has 6 nitrogen and oxygen atoms in total. The van der Waals surface area contributed by atoms with E-state index in [1.807, 2.05) is 38.1 Å². The molecule has 0 saturated carbocycles. The number of benzene rings is 2. The van der Waals surface area contributed by atoms with Crippen LogP contribution < -0.4 is 10.6 Å². The number of hydrogen-bond acceptors (Lipinski definition) is 4. The second-order valence-electron chi connectivity index (χ2n) is 7.14. The zero-order valence-corrected chi connectivity index (χ0v) is 17.4. The molecule has 0 bridgehead atoms. The van der Waals surface area contributed by atoms with Gasteiger partial charge in [-0.25, -0.2) is 0 Å². The van der Waals surface area contributed by atoms with E-state index in [0.717, 1.165) is 34.4 Å². The van der Waals surface area contributed by atoms with Crippen molar-refractivity contribution in [2.24, 2.45) is 0 Å². The monoisotopic (exact) mass is 395 g/mol. The van der Waals surface area contributed by atoms with Crippen LogP contribution in [0.25, 0.3) is 16.7 Å². The first kappa shape index (κ1) is 19.9. The van der Waals surface area contributed by atoms with Crippen LogP contribution in [0.2, 0.25) is 0 Å². The van der Waals surface area contributed by atoms with Gasteiger partial charge in [-0.1, -0.05) is 32.9 Å². The average Bonchev–Trinajstić information content (AvgIpc) is 3.04. The SMILES string of the molecule is CCCC(=O)NC(=S)Nc1cc2nn(-c3ccc(C(C)C)cc3)nc2cc1C. The molecule has 0 aliphatic heterocycles. The second kappa shape index (κ2) is 8.48. The van der Waals surface area contributed by atoms with E-state index in [2.05, 4.69) is 46.8 Å². The lowest BCUT2D eigenvalue weighted by atomic mass is 10.0. The lowest BCUT2D eigenvalue weighted by Gasteiger charge is -2.11. The summed E-state index contributed by atoms with van der Waals surface area (Å²) in [5.41, 5.74) is 5.52. The molecule has 0 fully saturated rings. The lowest BCUT2D eigenvalue weighted by Crippen LogP contribution is -2.34. The molecule has 28 heavy (non-hydrogen) atoms. The summed E-state index contributed by atoms with van der Waals surface area (Å²) in [5, 5.41) is 15.2. The molecule has 2 aromatic carbocycles. The minimum Gasteiger partial charge on any atom is -0.332 e. The maximum Gasteiger partial charge on any atom is 0.226 e. The Balaban J connectivity index is 1.83. The third-order valence-electron chi connectivity index (χ3n) is 4.50. The molecule has 1 amide bonds. The Bertz CT molecular complexity index is 1010. The molecule has 1 aromatic heterocycles. The zero-order chi connectivity index (χ0) is 20.3. The van der Waals surface area contributed by atoms with Gasteiger partial charge in [0.1, 0.15) is 11.0 Å². The number of anilines is 1. The van der Waals surface area contributed by atoms with E-state index in [4.69, 9.17) is 12.2 Å². The summed E-state index contributed by atoms with van der Waals surface area (Å²) >= 11 is 5.24. The summed E-state index contributed by atoms with van der Waals surface area (Å²) in [7, 11) is 0.